The SMILES string of the molecule is CC(C)SC(N)=S.CN. The molecule has 0 aliphatic heterocycles. The molecule has 0 aromatic rings. The molecule has 9 heavy (non-hydrogen) atoms. The molecule has 0 saturated heterocycles. The van der Waals surface area contributed by atoms with Crippen LogP contribution in [-0.4, -0.2) is 16.6 Å². The maximum absolute atomic E-state index is 5.19. The molecule has 0 aromatic heterocycles. The fraction of sp³-hybridized carbons (Fsp3) is 0.800. The molecular formula is C5H14N2S2. The van der Waals surface area contributed by atoms with E-state index in [0.29, 0.717) is 9.57 Å². The Balaban J connectivity index is 0. The van der Waals surface area contributed by atoms with Crippen LogP contribution in [0.15, 0.2) is 0 Å². The van der Waals surface area contributed by atoms with E-state index in [1.165, 1.54) is 18.8 Å². The third kappa shape index (κ3) is 17.9. The summed E-state index contributed by atoms with van der Waals surface area (Å²) in [6.07, 6.45) is 0. The van der Waals surface area contributed by atoms with Gasteiger partial charge >= 0.3 is 0 Å². The van der Waals surface area contributed by atoms with E-state index in [-0.39, 0.29) is 0 Å². The summed E-state index contributed by atoms with van der Waals surface area (Å²) in [5, 5.41) is 0.525. The van der Waals surface area contributed by atoms with Crippen LogP contribution < -0.4 is 11.5 Å². The predicted molar refractivity (Wildman–Crippen MR) is 49.6 cm³/mol. The monoisotopic (exact) mass is 166 g/mol. The second-order valence-corrected chi connectivity index (χ2v) is 3.80. The first-order chi connectivity index (χ1) is 4.13. The lowest BCUT2D eigenvalue weighted by atomic mass is 10.6. The van der Waals surface area contributed by atoms with Crippen molar-refractivity contribution in [3.05, 3.63) is 0 Å². The van der Waals surface area contributed by atoms with Gasteiger partial charge in [-0.15, -0.1) is 0 Å². The number of thiocarbonyl (C=S) groups is 1. The van der Waals surface area contributed by atoms with Gasteiger partial charge in [0.05, 0.1) is 0 Å². The summed E-state index contributed by atoms with van der Waals surface area (Å²) in [5.74, 6) is 0. The van der Waals surface area contributed by atoms with E-state index >= 15 is 0 Å². The molecule has 4 heteroatoms. The van der Waals surface area contributed by atoms with Crippen molar-refractivity contribution in [1.29, 1.82) is 0 Å². The Morgan fingerprint density at radius 3 is 1.78 bits per heavy atom. The molecule has 2 nitrogen and oxygen atoms in total. The van der Waals surface area contributed by atoms with Crippen molar-refractivity contribution in [2.75, 3.05) is 7.05 Å². The summed E-state index contributed by atoms with van der Waals surface area (Å²) in [6, 6.07) is 0. The number of thioether (sulfide) groups is 1. The first-order valence-electron chi connectivity index (χ1n) is 2.66. The van der Waals surface area contributed by atoms with Gasteiger partial charge < -0.3 is 11.5 Å². The standard InChI is InChI=1S/C4H9NS2.CH5N/c1-3(2)7-4(5)6;1-2/h3H,1-2H3,(H2,5,6);2H2,1H3. The molecule has 0 heterocycles. The highest BCUT2D eigenvalue weighted by Crippen LogP contribution is 2.07. The van der Waals surface area contributed by atoms with Crippen molar-refractivity contribution >= 4 is 28.3 Å². The predicted octanol–water partition coefficient (Wildman–Crippen LogP) is 0.947. The molecule has 0 saturated carbocycles. The fourth-order valence-corrected chi connectivity index (χ4v) is 1.27. The Kier molecular flexibility index (Phi) is 10.9. The molecule has 0 aromatic carbocycles. The molecule has 0 fully saturated rings. The van der Waals surface area contributed by atoms with Crippen molar-refractivity contribution in [2.45, 2.75) is 19.1 Å². The lowest BCUT2D eigenvalue weighted by molar-refractivity contribution is 1.12. The van der Waals surface area contributed by atoms with Gasteiger partial charge in [0.1, 0.15) is 4.32 Å². The van der Waals surface area contributed by atoms with Gasteiger partial charge in [-0.1, -0.05) is 37.8 Å². The largest absolute Gasteiger partial charge is 0.385 e. The first kappa shape index (κ1) is 11.9. The van der Waals surface area contributed by atoms with Gasteiger partial charge in [0, 0.05) is 5.25 Å². The van der Waals surface area contributed by atoms with Gasteiger partial charge in [0.15, 0.2) is 0 Å². The lowest BCUT2D eigenvalue weighted by Crippen LogP contribution is -2.05. The number of hydrogen-bond acceptors (Lipinski definition) is 3. The highest BCUT2D eigenvalue weighted by molar-refractivity contribution is 8.23. The minimum atomic E-state index is 0.525. The minimum absolute atomic E-state index is 0.525. The van der Waals surface area contributed by atoms with E-state index in [4.69, 9.17) is 5.73 Å². The highest BCUT2D eigenvalue weighted by Gasteiger charge is 1.92. The molecule has 4 N–H and O–H groups in total. The van der Waals surface area contributed by atoms with Crippen molar-refractivity contribution < 1.29 is 0 Å². The number of nitrogens with two attached hydrogens (primary N) is 2. The van der Waals surface area contributed by atoms with Crippen LogP contribution in [0.1, 0.15) is 13.8 Å². The van der Waals surface area contributed by atoms with Gasteiger partial charge in [0.25, 0.3) is 0 Å². The van der Waals surface area contributed by atoms with Crippen molar-refractivity contribution in [1.82, 2.24) is 0 Å². The van der Waals surface area contributed by atoms with E-state index in [1.807, 2.05) is 0 Å². The van der Waals surface area contributed by atoms with Gasteiger partial charge in [0.2, 0.25) is 0 Å². The van der Waals surface area contributed by atoms with E-state index in [0.717, 1.165) is 0 Å². The summed E-state index contributed by atoms with van der Waals surface area (Å²) >= 11 is 6.13. The summed E-state index contributed by atoms with van der Waals surface area (Å²) in [4.78, 5) is 0. The molecule has 0 bridgehead atoms. The summed E-state index contributed by atoms with van der Waals surface area (Å²) in [7, 11) is 1.50. The van der Waals surface area contributed by atoms with Gasteiger partial charge in [-0.3, -0.25) is 0 Å². The molecule has 0 radical (unpaired) electrons. The van der Waals surface area contributed by atoms with Crippen LogP contribution in [0.4, 0.5) is 0 Å². The summed E-state index contributed by atoms with van der Waals surface area (Å²) in [6.45, 7) is 4.12. The molecule has 0 rings (SSSR count). The topological polar surface area (TPSA) is 52.0 Å². The molecule has 0 unspecified atom stereocenters. The smallest absolute Gasteiger partial charge is 0.131 e. The third-order valence-electron chi connectivity index (χ3n) is 0.352. The Bertz CT molecular complexity index is 73.4. The summed E-state index contributed by atoms with van der Waals surface area (Å²) in [5.41, 5.74) is 9.69. The third-order valence-corrected chi connectivity index (χ3v) is 1.34. The van der Waals surface area contributed by atoms with Crippen molar-refractivity contribution in [3.63, 3.8) is 0 Å². The normalized spacial score (nSPS) is 8.11. The van der Waals surface area contributed by atoms with Crippen LogP contribution in [0.25, 0.3) is 0 Å². The average molecular weight is 166 g/mol. The van der Waals surface area contributed by atoms with Crippen LogP contribution in [-0.2, 0) is 0 Å². The van der Waals surface area contributed by atoms with Crippen LogP contribution in [0.3, 0.4) is 0 Å². The summed E-state index contributed by atoms with van der Waals surface area (Å²) < 4.78 is 0.537. The minimum Gasteiger partial charge on any atom is -0.385 e. The molecule has 0 amide bonds. The molecule has 0 aliphatic rings. The zero-order valence-corrected chi connectivity index (χ0v) is 7.68. The molecular weight excluding hydrogens is 152 g/mol. The van der Waals surface area contributed by atoms with Crippen LogP contribution >= 0.6 is 24.0 Å². The van der Waals surface area contributed by atoms with Crippen LogP contribution in [0, 0.1) is 0 Å². The number of hydrogen-bond donors (Lipinski definition) is 2. The van der Waals surface area contributed by atoms with Gasteiger partial charge in [-0.2, -0.15) is 0 Å². The van der Waals surface area contributed by atoms with E-state index < -0.39 is 0 Å². The molecule has 0 aliphatic carbocycles. The van der Waals surface area contributed by atoms with E-state index in [2.05, 4.69) is 31.8 Å². The Morgan fingerprint density at radius 1 is 1.44 bits per heavy atom. The maximum atomic E-state index is 5.19. The Labute approximate surface area is 66.4 Å². The average Bonchev–Trinajstić information content (AvgIpc) is 1.68. The van der Waals surface area contributed by atoms with E-state index in [9.17, 15) is 0 Å². The first-order valence-corrected chi connectivity index (χ1v) is 3.95. The highest BCUT2D eigenvalue weighted by atomic mass is 32.2. The van der Waals surface area contributed by atoms with Gasteiger partial charge in [-0.05, 0) is 7.05 Å². The maximum Gasteiger partial charge on any atom is 0.131 e. The molecule has 56 valence electrons. The van der Waals surface area contributed by atoms with Gasteiger partial charge in [-0.25, -0.2) is 0 Å². The Morgan fingerprint density at radius 2 is 1.78 bits per heavy atom. The Hall–Kier alpha value is 0.200. The zero-order chi connectivity index (χ0) is 7.86. The fourth-order valence-electron chi connectivity index (χ4n) is 0.232. The second-order valence-electron chi connectivity index (χ2n) is 1.49. The van der Waals surface area contributed by atoms with Crippen molar-refractivity contribution in [2.24, 2.45) is 11.5 Å². The lowest BCUT2D eigenvalue weighted by Gasteiger charge is -1.97. The molecule has 0 spiro atoms. The van der Waals surface area contributed by atoms with Crippen LogP contribution in [0.5, 0.6) is 0 Å². The van der Waals surface area contributed by atoms with Crippen LogP contribution in [0.2, 0.25) is 0 Å². The van der Waals surface area contributed by atoms with E-state index in [1.54, 1.807) is 0 Å². The second kappa shape index (κ2) is 8.20. The number of rotatable bonds is 1. The zero-order valence-electron chi connectivity index (χ0n) is 6.05. The van der Waals surface area contributed by atoms with Crippen molar-refractivity contribution in [3.8, 4) is 0 Å². The molecule has 0 atom stereocenters. The quantitative estimate of drug-likeness (QED) is 0.569.